The number of nitrogens with zero attached hydrogens (tertiary/aromatic N) is 2. The average molecular weight is 362 g/mol. The number of carboxylic acid groups (broad SMARTS) is 1. The molecule has 2 aliphatic heterocycles. The van der Waals surface area contributed by atoms with Crippen LogP contribution in [0.15, 0.2) is 0 Å². The highest BCUT2D eigenvalue weighted by Crippen LogP contribution is 2.59. The maximum Gasteiger partial charge on any atom is 0.307 e. The third kappa shape index (κ3) is 3.12. The molecule has 0 radical (unpaired) electrons. The lowest BCUT2D eigenvalue weighted by atomic mass is 9.86. The molecule has 4 aliphatic rings. The van der Waals surface area contributed by atoms with Gasteiger partial charge >= 0.3 is 5.97 Å². The van der Waals surface area contributed by atoms with Gasteiger partial charge in [-0.3, -0.25) is 14.4 Å². The van der Waals surface area contributed by atoms with Crippen molar-refractivity contribution in [1.82, 2.24) is 9.80 Å². The third-order valence-corrected chi connectivity index (χ3v) is 7.49. The minimum atomic E-state index is -0.691. The Bertz CT molecular complexity index is 603. The molecule has 2 amide bonds. The maximum absolute atomic E-state index is 12.9. The molecular formula is C20H30N2O4. The minimum absolute atomic E-state index is 0.0566. The fraction of sp³-hybridized carbons (Fsp3) is 0.850. The molecule has 6 heteroatoms. The predicted molar refractivity (Wildman–Crippen MR) is 95.2 cm³/mol. The van der Waals surface area contributed by atoms with Crippen molar-refractivity contribution in [1.29, 1.82) is 0 Å². The fourth-order valence-corrected chi connectivity index (χ4v) is 5.48. The van der Waals surface area contributed by atoms with E-state index < -0.39 is 5.97 Å². The molecule has 144 valence electrons. The van der Waals surface area contributed by atoms with Crippen LogP contribution in [0.2, 0.25) is 0 Å². The molecule has 0 aromatic heterocycles. The summed E-state index contributed by atoms with van der Waals surface area (Å²) >= 11 is 0. The number of carboxylic acids is 1. The number of hydrogen-bond acceptors (Lipinski definition) is 3. The number of aliphatic carboxylic acids is 1. The lowest BCUT2D eigenvalue weighted by Crippen LogP contribution is -2.44. The molecule has 2 atom stereocenters. The zero-order chi connectivity index (χ0) is 18.5. The molecule has 0 aromatic rings. The summed E-state index contributed by atoms with van der Waals surface area (Å²) < 4.78 is 0. The first-order valence-corrected chi connectivity index (χ1v) is 10.2. The molecule has 0 aromatic carbocycles. The summed E-state index contributed by atoms with van der Waals surface area (Å²) in [6, 6.07) is 0.323. The summed E-state index contributed by atoms with van der Waals surface area (Å²) in [4.78, 5) is 40.4. The van der Waals surface area contributed by atoms with Gasteiger partial charge in [-0.15, -0.1) is 0 Å². The van der Waals surface area contributed by atoms with Crippen LogP contribution in [0.1, 0.15) is 58.3 Å². The second kappa shape index (κ2) is 6.54. The van der Waals surface area contributed by atoms with Gasteiger partial charge in [0.15, 0.2) is 0 Å². The van der Waals surface area contributed by atoms with Crippen LogP contribution < -0.4 is 0 Å². The zero-order valence-corrected chi connectivity index (χ0v) is 15.7. The maximum atomic E-state index is 12.9. The van der Waals surface area contributed by atoms with E-state index in [1.807, 2.05) is 9.80 Å². The van der Waals surface area contributed by atoms with Crippen molar-refractivity contribution < 1.29 is 19.5 Å². The highest BCUT2D eigenvalue weighted by Gasteiger charge is 2.59. The van der Waals surface area contributed by atoms with Gasteiger partial charge in [0.2, 0.25) is 11.8 Å². The zero-order valence-electron chi connectivity index (χ0n) is 15.7. The second-order valence-corrected chi connectivity index (χ2v) is 9.14. The first kappa shape index (κ1) is 17.8. The van der Waals surface area contributed by atoms with Crippen molar-refractivity contribution in [2.24, 2.45) is 23.2 Å². The summed E-state index contributed by atoms with van der Waals surface area (Å²) in [6.07, 6.45) is 7.18. The van der Waals surface area contributed by atoms with Gasteiger partial charge in [0, 0.05) is 32.1 Å². The number of likely N-dealkylation sites (tertiary alicyclic amines) is 2. The van der Waals surface area contributed by atoms with Crippen LogP contribution >= 0.6 is 0 Å². The van der Waals surface area contributed by atoms with Crippen molar-refractivity contribution in [2.45, 2.75) is 64.3 Å². The van der Waals surface area contributed by atoms with E-state index in [0.29, 0.717) is 32.1 Å². The van der Waals surface area contributed by atoms with E-state index in [2.05, 4.69) is 6.92 Å². The normalized spacial score (nSPS) is 36.4. The fourth-order valence-electron chi connectivity index (χ4n) is 5.48. The number of amides is 2. The van der Waals surface area contributed by atoms with Crippen LogP contribution in [-0.4, -0.2) is 58.4 Å². The van der Waals surface area contributed by atoms with Crippen LogP contribution in [0.5, 0.6) is 0 Å². The molecule has 4 fully saturated rings. The highest BCUT2D eigenvalue weighted by atomic mass is 16.4. The van der Waals surface area contributed by atoms with E-state index in [9.17, 15) is 19.5 Å². The largest absolute Gasteiger partial charge is 0.481 e. The Labute approximate surface area is 154 Å². The second-order valence-electron chi connectivity index (χ2n) is 9.14. The van der Waals surface area contributed by atoms with Gasteiger partial charge in [0.1, 0.15) is 0 Å². The average Bonchev–Trinajstić information content (AvgIpc) is 3.19. The van der Waals surface area contributed by atoms with Crippen LogP contribution in [0.3, 0.4) is 0 Å². The van der Waals surface area contributed by atoms with E-state index in [4.69, 9.17) is 0 Å². The molecular weight excluding hydrogens is 332 g/mol. The van der Waals surface area contributed by atoms with Gasteiger partial charge < -0.3 is 14.9 Å². The van der Waals surface area contributed by atoms with E-state index in [0.717, 1.165) is 38.0 Å². The van der Waals surface area contributed by atoms with Crippen molar-refractivity contribution >= 4 is 17.8 Å². The molecule has 2 heterocycles. The quantitative estimate of drug-likeness (QED) is 0.834. The molecule has 26 heavy (non-hydrogen) atoms. The van der Waals surface area contributed by atoms with Crippen molar-refractivity contribution in [3.63, 3.8) is 0 Å². The molecule has 4 rings (SSSR count). The molecule has 2 unspecified atom stereocenters. The Morgan fingerprint density at radius 2 is 1.77 bits per heavy atom. The van der Waals surface area contributed by atoms with Gasteiger partial charge in [-0.2, -0.15) is 0 Å². The van der Waals surface area contributed by atoms with Crippen molar-refractivity contribution in [2.75, 3.05) is 19.6 Å². The Kier molecular flexibility index (Phi) is 4.48. The highest BCUT2D eigenvalue weighted by molar-refractivity contribution is 5.89. The minimum Gasteiger partial charge on any atom is -0.481 e. The van der Waals surface area contributed by atoms with Gasteiger partial charge in [-0.1, -0.05) is 6.92 Å². The number of carbonyl (C=O) groups excluding carboxylic acids is 2. The standard InChI is InChI=1S/C20H30N2O4/c1-13-2-4-15(5-3-13)22-12-14(10-17(22)23)18(24)21-8-6-20(7-9-21)11-16(20)19(25)26/h13-16H,2-12H2,1H3,(H,25,26). The Morgan fingerprint density at radius 3 is 2.35 bits per heavy atom. The molecule has 2 saturated carbocycles. The Hall–Kier alpha value is -1.59. The summed E-state index contributed by atoms with van der Waals surface area (Å²) in [5.41, 5.74) is -0.0566. The molecule has 6 nitrogen and oxygen atoms in total. The van der Waals surface area contributed by atoms with Crippen molar-refractivity contribution in [3.05, 3.63) is 0 Å². The Morgan fingerprint density at radius 1 is 1.12 bits per heavy atom. The summed E-state index contributed by atoms with van der Waals surface area (Å²) in [6.45, 7) is 4.14. The number of piperidine rings is 1. The summed E-state index contributed by atoms with van der Waals surface area (Å²) in [5.74, 6) is -0.109. The van der Waals surface area contributed by atoms with Crippen LogP contribution in [-0.2, 0) is 14.4 Å². The monoisotopic (exact) mass is 362 g/mol. The molecule has 2 aliphatic carbocycles. The number of rotatable bonds is 3. The lowest BCUT2D eigenvalue weighted by molar-refractivity contribution is -0.140. The van der Waals surface area contributed by atoms with Crippen LogP contribution in [0.4, 0.5) is 0 Å². The topological polar surface area (TPSA) is 77.9 Å². The number of hydrogen-bond donors (Lipinski definition) is 1. The Balaban J connectivity index is 1.31. The van der Waals surface area contributed by atoms with E-state index in [1.54, 1.807) is 0 Å². The van der Waals surface area contributed by atoms with Gasteiger partial charge in [-0.05, 0) is 56.3 Å². The molecule has 0 bridgehead atoms. The van der Waals surface area contributed by atoms with Crippen LogP contribution in [0, 0.1) is 23.2 Å². The van der Waals surface area contributed by atoms with Gasteiger partial charge in [0.25, 0.3) is 0 Å². The first-order valence-electron chi connectivity index (χ1n) is 10.2. The SMILES string of the molecule is CC1CCC(N2CC(C(=O)N3CCC4(CC3)CC4C(=O)O)CC2=O)CC1. The third-order valence-electron chi connectivity index (χ3n) is 7.49. The van der Waals surface area contributed by atoms with E-state index >= 15 is 0 Å². The molecule has 1 N–H and O–H groups in total. The summed E-state index contributed by atoms with van der Waals surface area (Å²) in [7, 11) is 0. The molecule has 1 spiro atoms. The van der Waals surface area contributed by atoms with Gasteiger partial charge in [-0.25, -0.2) is 0 Å². The summed E-state index contributed by atoms with van der Waals surface area (Å²) in [5, 5.41) is 9.19. The predicted octanol–water partition coefficient (Wildman–Crippen LogP) is 2.13. The first-order chi connectivity index (χ1) is 12.4. The smallest absolute Gasteiger partial charge is 0.307 e. The van der Waals surface area contributed by atoms with E-state index in [1.165, 1.54) is 12.8 Å². The van der Waals surface area contributed by atoms with Crippen molar-refractivity contribution in [3.8, 4) is 0 Å². The number of carbonyl (C=O) groups is 3. The van der Waals surface area contributed by atoms with Gasteiger partial charge in [0.05, 0.1) is 11.8 Å². The van der Waals surface area contributed by atoms with E-state index in [-0.39, 0.29) is 29.1 Å². The van der Waals surface area contributed by atoms with Crippen LogP contribution in [0.25, 0.3) is 0 Å². The molecule has 2 saturated heterocycles. The lowest BCUT2D eigenvalue weighted by Gasteiger charge is -2.35.